The van der Waals surface area contributed by atoms with Crippen molar-refractivity contribution in [2.75, 3.05) is 19.3 Å². The van der Waals surface area contributed by atoms with E-state index in [1.807, 2.05) is 0 Å². The van der Waals surface area contributed by atoms with Crippen molar-refractivity contribution in [2.24, 2.45) is 5.92 Å². The second-order valence-corrected chi connectivity index (χ2v) is 6.01. The largest absolute Gasteiger partial charge is 0.296 e. The molecule has 1 fully saturated rings. The molecule has 1 saturated heterocycles. The molecular weight excluding hydrogens is 228 g/mol. The number of hydrogen-bond acceptors (Lipinski definition) is 3. The molecule has 17 heavy (non-hydrogen) atoms. The maximum atomic E-state index is 4.49. The van der Waals surface area contributed by atoms with Crippen LogP contribution in [0.2, 0.25) is 0 Å². The molecular formula is C14H22N2S. The standard InChI is InChI=1S/C14H22N2S/c1-11(2)10-16-8-4-5-13(16)12-6-7-14(17-3)15-9-12/h6-7,9,11,13H,4-5,8,10H2,1-3H3. The first-order chi connectivity index (χ1) is 8.20. The fraction of sp³-hybridized carbons (Fsp3) is 0.643. The Morgan fingerprint density at radius 1 is 1.47 bits per heavy atom. The maximum Gasteiger partial charge on any atom is 0.0957 e. The fourth-order valence-corrected chi connectivity index (χ4v) is 2.96. The normalized spacial score (nSPS) is 21.3. The molecule has 0 aliphatic carbocycles. The van der Waals surface area contributed by atoms with Crippen molar-refractivity contribution in [1.29, 1.82) is 0 Å². The molecule has 1 unspecified atom stereocenters. The highest BCUT2D eigenvalue weighted by Gasteiger charge is 2.26. The lowest BCUT2D eigenvalue weighted by atomic mass is 10.1. The molecule has 1 aromatic heterocycles. The van der Waals surface area contributed by atoms with Crippen molar-refractivity contribution in [3.05, 3.63) is 23.9 Å². The van der Waals surface area contributed by atoms with E-state index in [0.29, 0.717) is 6.04 Å². The van der Waals surface area contributed by atoms with Crippen LogP contribution in [-0.4, -0.2) is 29.2 Å². The van der Waals surface area contributed by atoms with E-state index in [1.54, 1.807) is 11.8 Å². The average Bonchev–Trinajstić information content (AvgIpc) is 2.76. The van der Waals surface area contributed by atoms with Crippen molar-refractivity contribution >= 4 is 11.8 Å². The van der Waals surface area contributed by atoms with Crippen LogP contribution in [0, 0.1) is 5.92 Å². The summed E-state index contributed by atoms with van der Waals surface area (Å²) in [5.74, 6) is 0.744. The van der Waals surface area contributed by atoms with Gasteiger partial charge in [0.25, 0.3) is 0 Å². The van der Waals surface area contributed by atoms with Crippen molar-refractivity contribution < 1.29 is 0 Å². The van der Waals surface area contributed by atoms with Gasteiger partial charge in [-0.2, -0.15) is 0 Å². The van der Waals surface area contributed by atoms with Gasteiger partial charge in [-0.3, -0.25) is 4.90 Å². The first-order valence-electron chi connectivity index (χ1n) is 6.44. The highest BCUT2D eigenvalue weighted by atomic mass is 32.2. The zero-order valence-corrected chi connectivity index (χ0v) is 11.8. The Morgan fingerprint density at radius 3 is 2.88 bits per heavy atom. The highest BCUT2D eigenvalue weighted by Crippen LogP contribution is 2.32. The van der Waals surface area contributed by atoms with Crippen molar-refractivity contribution in [2.45, 2.75) is 37.8 Å². The Hall–Kier alpha value is -0.540. The number of likely N-dealkylation sites (tertiary alicyclic amines) is 1. The van der Waals surface area contributed by atoms with Crippen LogP contribution in [0.5, 0.6) is 0 Å². The second kappa shape index (κ2) is 5.87. The van der Waals surface area contributed by atoms with Gasteiger partial charge >= 0.3 is 0 Å². The molecule has 1 atom stereocenters. The van der Waals surface area contributed by atoms with Crippen molar-refractivity contribution in [3.63, 3.8) is 0 Å². The number of nitrogens with zero attached hydrogens (tertiary/aromatic N) is 2. The van der Waals surface area contributed by atoms with Gasteiger partial charge in [0, 0.05) is 18.8 Å². The summed E-state index contributed by atoms with van der Waals surface area (Å²) in [7, 11) is 0. The SMILES string of the molecule is CSc1ccc(C2CCCN2CC(C)C)cn1. The van der Waals surface area contributed by atoms with Crippen molar-refractivity contribution in [3.8, 4) is 0 Å². The fourth-order valence-electron chi connectivity index (χ4n) is 2.60. The second-order valence-electron chi connectivity index (χ2n) is 5.18. The molecule has 2 nitrogen and oxygen atoms in total. The van der Waals surface area contributed by atoms with Crippen LogP contribution in [0.15, 0.2) is 23.4 Å². The lowest BCUT2D eigenvalue weighted by molar-refractivity contribution is 0.228. The molecule has 1 aliphatic heterocycles. The van der Waals surface area contributed by atoms with Gasteiger partial charge in [-0.15, -0.1) is 11.8 Å². The van der Waals surface area contributed by atoms with Crippen molar-refractivity contribution in [1.82, 2.24) is 9.88 Å². The minimum Gasteiger partial charge on any atom is -0.296 e. The number of hydrogen-bond donors (Lipinski definition) is 0. The Kier molecular flexibility index (Phi) is 4.46. The summed E-state index contributed by atoms with van der Waals surface area (Å²) in [5, 5.41) is 1.11. The maximum absolute atomic E-state index is 4.49. The average molecular weight is 250 g/mol. The molecule has 94 valence electrons. The summed E-state index contributed by atoms with van der Waals surface area (Å²) in [6, 6.07) is 4.99. The minimum absolute atomic E-state index is 0.598. The van der Waals surface area contributed by atoms with Gasteiger partial charge in [0.1, 0.15) is 0 Å². The summed E-state index contributed by atoms with van der Waals surface area (Å²) in [6.07, 6.45) is 6.74. The molecule has 0 amide bonds. The predicted octanol–water partition coefficient (Wildman–Crippen LogP) is 3.60. The molecule has 0 spiro atoms. The molecule has 2 rings (SSSR count). The molecule has 1 aromatic rings. The smallest absolute Gasteiger partial charge is 0.0957 e. The molecule has 0 radical (unpaired) electrons. The highest BCUT2D eigenvalue weighted by molar-refractivity contribution is 7.98. The lowest BCUT2D eigenvalue weighted by Crippen LogP contribution is -2.27. The van der Waals surface area contributed by atoms with Crippen LogP contribution >= 0.6 is 11.8 Å². The summed E-state index contributed by atoms with van der Waals surface area (Å²) < 4.78 is 0. The summed E-state index contributed by atoms with van der Waals surface area (Å²) in [4.78, 5) is 7.10. The molecule has 0 bridgehead atoms. The number of aromatic nitrogens is 1. The van der Waals surface area contributed by atoms with Crippen LogP contribution in [-0.2, 0) is 0 Å². The van der Waals surface area contributed by atoms with Crippen LogP contribution in [0.25, 0.3) is 0 Å². The third-order valence-electron chi connectivity index (χ3n) is 3.32. The number of pyridine rings is 1. The van der Waals surface area contributed by atoms with Gasteiger partial charge in [-0.1, -0.05) is 19.9 Å². The Morgan fingerprint density at radius 2 is 2.29 bits per heavy atom. The quantitative estimate of drug-likeness (QED) is 0.760. The Labute approximate surface area is 109 Å². The third-order valence-corrected chi connectivity index (χ3v) is 3.98. The van der Waals surface area contributed by atoms with E-state index in [0.717, 1.165) is 10.9 Å². The molecule has 2 heterocycles. The van der Waals surface area contributed by atoms with E-state index in [4.69, 9.17) is 0 Å². The molecule has 0 saturated carbocycles. The predicted molar refractivity (Wildman–Crippen MR) is 74.4 cm³/mol. The lowest BCUT2D eigenvalue weighted by Gasteiger charge is -2.26. The van der Waals surface area contributed by atoms with Crippen LogP contribution in [0.3, 0.4) is 0 Å². The van der Waals surface area contributed by atoms with Gasteiger partial charge in [0.2, 0.25) is 0 Å². The zero-order chi connectivity index (χ0) is 12.3. The van der Waals surface area contributed by atoms with E-state index in [-0.39, 0.29) is 0 Å². The van der Waals surface area contributed by atoms with Gasteiger partial charge in [0.15, 0.2) is 0 Å². The summed E-state index contributed by atoms with van der Waals surface area (Å²) >= 11 is 1.71. The van der Waals surface area contributed by atoms with E-state index >= 15 is 0 Å². The molecule has 1 aliphatic rings. The van der Waals surface area contributed by atoms with Gasteiger partial charge in [0.05, 0.1) is 5.03 Å². The minimum atomic E-state index is 0.598. The Bertz CT molecular complexity index is 348. The topological polar surface area (TPSA) is 16.1 Å². The van der Waals surface area contributed by atoms with E-state index < -0.39 is 0 Å². The molecule has 0 N–H and O–H groups in total. The summed E-state index contributed by atoms with van der Waals surface area (Å²) in [5.41, 5.74) is 1.39. The van der Waals surface area contributed by atoms with Gasteiger partial charge in [-0.05, 0) is 43.2 Å². The van der Waals surface area contributed by atoms with Gasteiger partial charge in [-0.25, -0.2) is 4.98 Å². The summed E-state index contributed by atoms with van der Waals surface area (Å²) in [6.45, 7) is 7.04. The molecule has 3 heteroatoms. The Balaban J connectivity index is 2.08. The van der Waals surface area contributed by atoms with Crippen LogP contribution in [0.4, 0.5) is 0 Å². The number of thioether (sulfide) groups is 1. The van der Waals surface area contributed by atoms with Crippen LogP contribution < -0.4 is 0 Å². The monoisotopic (exact) mass is 250 g/mol. The number of rotatable bonds is 4. The van der Waals surface area contributed by atoms with E-state index in [9.17, 15) is 0 Å². The zero-order valence-electron chi connectivity index (χ0n) is 11.0. The first-order valence-corrected chi connectivity index (χ1v) is 7.67. The van der Waals surface area contributed by atoms with Gasteiger partial charge < -0.3 is 0 Å². The van der Waals surface area contributed by atoms with E-state index in [1.165, 1.54) is 31.5 Å². The first kappa shape index (κ1) is 12.9. The molecule has 0 aromatic carbocycles. The third kappa shape index (κ3) is 3.23. The van der Waals surface area contributed by atoms with E-state index in [2.05, 4.69) is 48.3 Å². The van der Waals surface area contributed by atoms with Crippen LogP contribution in [0.1, 0.15) is 38.3 Å².